The Balaban J connectivity index is 2.22. The minimum atomic E-state index is 1.19. The van der Waals surface area contributed by atoms with E-state index in [0.29, 0.717) is 0 Å². The molecule has 0 aliphatic heterocycles. The zero-order chi connectivity index (χ0) is 13.8. The number of benzene rings is 3. The van der Waals surface area contributed by atoms with Gasteiger partial charge in [-0.1, -0.05) is 91.5 Å². The second kappa shape index (κ2) is 5.58. The van der Waals surface area contributed by atoms with Gasteiger partial charge in [0.15, 0.2) is 0 Å². The lowest BCUT2D eigenvalue weighted by Gasteiger charge is -2.12. The van der Waals surface area contributed by atoms with Gasteiger partial charge < -0.3 is 0 Å². The third-order valence-electron chi connectivity index (χ3n) is 3.48. The van der Waals surface area contributed by atoms with Crippen molar-refractivity contribution < 1.29 is 0 Å². The molecule has 0 bridgehead atoms. The Bertz CT molecular complexity index is 652. The van der Waals surface area contributed by atoms with Crippen molar-refractivity contribution in [3.05, 3.63) is 91.0 Å². The lowest BCUT2D eigenvalue weighted by Crippen LogP contribution is -1.88. The maximum Gasteiger partial charge on any atom is -0.0105 e. The van der Waals surface area contributed by atoms with Gasteiger partial charge in [-0.3, -0.25) is 0 Å². The minimum Gasteiger partial charge on any atom is -0.0984 e. The summed E-state index contributed by atoms with van der Waals surface area (Å²) in [5, 5.41) is 0. The Hall–Kier alpha value is -2.60. The van der Waals surface area contributed by atoms with E-state index in [1.54, 1.807) is 0 Å². The molecule has 0 aromatic heterocycles. The molecule has 0 heterocycles. The summed E-state index contributed by atoms with van der Waals surface area (Å²) in [6, 6.07) is 27.3. The molecule has 0 saturated carbocycles. The fraction of sp³-hybridized carbons (Fsp3) is 0. The van der Waals surface area contributed by atoms with Crippen molar-refractivity contribution in [1.82, 2.24) is 0 Å². The maximum absolute atomic E-state index is 4.00. The zero-order valence-corrected chi connectivity index (χ0v) is 11.3. The molecule has 20 heavy (non-hydrogen) atoms. The SMILES string of the molecule is C=Cc1c(-c2ccccc2)cccc1-c1ccccc1. The Morgan fingerprint density at radius 2 is 1.00 bits per heavy atom. The second-order valence-electron chi connectivity index (χ2n) is 4.70. The highest BCUT2D eigenvalue weighted by Gasteiger charge is 2.08. The molecule has 96 valence electrons. The van der Waals surface area contributed by atoms with Crippen LogP contribution in [-0.4, -0.2) is 0 Å². The molecular formula is C20H16. The molecule has 0 spiro atoms. The summed E-state index contributed by atoms with van der Waals surface area (Å²) in [5.74, 6) is 0. The molecule has 0 radical (unpaired) electrons. The first-order valence-electron chi connectivity index (χ1n) is 6.76. The summed E-state index contributed by atoms with van der Waals surface area (Å²) >= 11 is 0. The normalized spacial score (nSPS) is 10.2. The molecule has 0 nitrogen and oxygen atoms in total. The van der Waals surface area contributed by atoms with Crippen LogP contribution in [0.4, 0.5) is 0 Å². The lowest BCUT2D eigenvalue weighted by atomic mass is 9.92. The quantitative estimate of drug-likeness (QED) is 0.567. The Morgan fingerprint density at radius 1 is 0.550 bits per heavy atom. The maximum atomic E-state index is 4.00. The van der Waals surface area contributed by atoms with Gasteiger partial charge in [0.05, 0.1) is 0 Å². The molecule has 3 rings (SSSR count). The van der Waals surface area contributed by atoms with E-state index < -0.39 is 0 Å². The molecule has 0 N–H and O–H groups in total. The highest BCUT2D eigenvalue weighted by atomic mass is 14.1. The molecule has 0 aliphatic rings. The molecular weight excluding hydrogens is 240 g/mol. The topological polar surface area (TPSA) is 0 Å². The molecule has 0 fully saturated rings. The molecule has 0 atom stereocenters. The fourth-order valence-corrected chi connectivity index (χ4v) is 2.52. The van der Waals surface area contributed by atoms with Gasteiger partial charge in [0.2, 0.25) is 0 Å². The van der Waals surface area contributed by atoms with E-state index in [0.717, 1.165) is 0 Å². The monoisotopic (exact) mass is 256 g/mol. The molecule has 0 saturated heterocycles. The van der Waals surface area contributed by atoms with Crippen LogP contribution >= 0.6 is 0 Å². The van der Waals surface area contributed by atoms with Crippen molar-refractivity contribution in [2.75, 3.05) is 0 Å². The average molecular weight is 256 g/mol. The summed E-state index contributed by atoms with van der Waals surface area (Å²) in [5.41, 5.74) is 6.08. The minimum absolute atomic E-state index is 1.19. The van der Waals surface area contributed by atoms with Gasteiger partial charge >= 0.3 is 0 Å². The zero-order valence-electron chi connectivity index (χ0n) is 11.3. The fourth-order valence-electron chi connectivity index (χ4n) is 2.52. The molecule has 3 aromatic carbocycles. The first-order valence-corrected chi connectivity index (χ1v) is 6.76. The van der Waals surface area contributed by atoms with Crippen LogP contribution in [0.1, 0.15) is 5.56 Å². The third kappa shape index (κ3) is 2.28. The highest BCUT2D eigenvalue weighted by molar-refractivity contribution is 5.85. The van der Waals surface area contributed by atoms with Crippen molar-refractivity contribution in [1.29, 1.82) is 0 Å². The Morgan fingerprint density at radius 3 is 1.40 bits per heavy atom. The van der Waals surface area contributed by atoms with Gasteiger partial charge in [-0.2, -0.15) is 0 Å². The van der Waals surface area contributed by atoms with Crippen LogP contribution in [0.5, 0.6) is 0 Å². The van der Waals surface area contributed by atoms with E-state index >= 15 is 0 Å². The Kier molecular flexibility index (Phi) is 3.47. The van der Waals surface area contributed by atoms with Gasteiger partial charge in [0.25, 0.3) is 0 Å². The Labute approximate surface area is 120 Å². The van der Waals surface area contributed by atoms with Crippen molar-refractivity contribution >= 4 is 6.08 Å². The van der Waals surface area contributed by atoms with E-state index in [9.17, 15) is 0 Å². The van der Waals surface area contributed by atoms with Crippen LogP contribution < -0.4 is 0 Å². The summed E-state index contributed by atoms with van der Waals surface area (Å²) in [4.78, 5) is 0. The predicted molar refractivity (Wildman–Crippen MR) is 87.4 cm³/mol. The number of rotatable bonds is 3. The van der Waals surface area contributed by atoms with Crippen LogP contribution in [-0.2, 0) is 0 Å². The van der Waals surface area contributed by atoms with E-state index in [2.05, 4.69) is 73.3 Å². The molecule has 3 aromatic rings. The smallest absolute Gasteiger partial charge is 0.0105 e. The van der Waals surface area contributed by atoms with Crippen LogP contribution in [0.25, 0.3) is 28.3 Å². The first kappa shape index (κ1) is 12.4. The summed E-state index contributed by atoms with van der Waals surface area (Å²) in [7, 11) is 0. The standard InChI is InChI=1S/C20H16/c1-2-18-19(16-10-5-3-6-11-16)14-9-15-20(18)17-12-7-4-8-13-17/h2-15H,1H2. The van der Waals surface area contributed by atoms with E-state index in [1.807, 2.05) is 18.2 Å². The van der Waals surface area contributed by atoms with Crippen molar-refractivity contribution in [2.24, 2.45) is 0 Å². The number of hydrogen-bond acceptors (Lipinski definition) is 0. The number of hydrogen-bond donors (Lipinski definition) is 0. The molecule has 0 amide bonds. The summed E-state index contributed by atoms with van der Waals surface area (Å²) < 4.78 is 0. The molecule has 0 aliphatic carbocycles. The van der Waals surface area contributed by atoms with Crippen molar-refractivity contribution in [2.45, 2.75) is 0 Å². The van der Waals surface area contributed by atoms with Crippen LogP contribution in [0.2, 0.25) is 0 Å². The summed E-state index contributed by atoms with van der Waals surface area (Å²) in [6.45, 7) is 4.00. The summed E-state index contributed by atoms with van der Waals surface area (Å²) in [6.07, 6.45) is 1.95. The van der Waals surface area contributed by atoms with Crippen LogP contribution in [0.3, 0.4) is 0 Å². The van der Waals surface area contributed by atoms with E-state index in [1.165, 1.54) is 27.8 Å². The first-order chi connectivity index (χ1) is 9.90. The second-order valence-corrected chi connectivity index (χ2v) is 4.70. The van der Waals surface area contributed by atoms with E-state index in [4.69, 9.17) is 0 Å². The van der Waals surface area contributed by atoms with Crippen LogP contribution in [0, 0.1) is 0 Å². The van der Waals surface area contributed by atoms with Crippen LogP contribution in [0.15, 0.2) is 85.4 Å². The molecule has 0 heteroatoms. The van der Waals surface area contributed by atoms with Gasteiger partial charge in [0, 0.05) is 0 Å². The molecule has 0 unspecified atom stereocenters. The van der Waals surface area contributed by atoms with Gasteiger partial charge in [-0.05, 0) is 27.8 Å². The van der Waals surface area contributed by atoms with Crippen molar-refractivity contribution in [3.63, 3.8) is 0 Å². The van der Waals surface area contributed by atoms with E-state index in [-0.39, 0.29) is 0 Å². The predicted octanol–water partition coefficient (Wildman–Crippen LogP) is 5.66. The largest absolute Gasteiger partial charge is 0.0984 e. The lowest BCUT2D eigenvalue weighted by molar-refractivity contribution is 1.56. The third-order valence-corrected chi connectivity index (χ3v) is 3.48. The van der Waals surface area contributed by atoms with Gasteiger partial charge in [-0.25, -0.2) is 0 Å². The highest BCUT2D eigenvalue weighted by Crippen LogP contribution is 2.32. The average Bonchev–Trinajstić information content (AvgIpc) is 2.55. The van der Waals surface area contributed by atoms with Crippen molar-refractivity contribution in [3.8, 4) is 22.3 Å². The van der Waals surface area contributed by atoms with Gasteiger partial charge in [-0.15, -0.1) is 0 Å². The van der Waals surface area contributed by atoms with Gasteiger partial charge in [0.1, 0.15) is 0 Å².